The molecule has 0 aromatic heterocycles. The van der Waals surface area contributed by atoms with Crippen LogP contribution in [0, 0.1) is 35.5 Å². The van der Waals surface area contributed by atoms with Crippen molar-refractivity contribution in [3.8, 4) is 0 Å². The zero-order valence-electron chi connectivity index (χ0n) is 8.41. The molecule has 0 nitrogen and oxygen atoms in total. The topological polar surface area (TPSA) is 0 Å². The molecular weight excluding hydrogens is 156 g/mol. The molecule has 0 aromatic carbocycles. The first-order chi connectivity index (χ1) is 6.43. The van der Waals surface area contributed by atoms with Gasteiger partial charge in [-0.25, -0.2) is 0 Å². The highest BCUT2D eigenvalue weighted by atomic mass is 14.6. The first-order valence-electron chi connectivity index (χ1n) is 6.43. The summed E-state index contributed by atoms with van der Waals surface area (Å²) in [5, 5.41) is 0. The van der Waals surface area contributed by atoms with E-state index < -0.39 is 0 Å². The normalized spacial score (nSPS) is 62.8. The minimum Gasteiger partial charge on any atom is -0.0527 e. The van der Waals surface area contributed by atoms with Crippen molar-refractivity contribution in [1.82, 2.24) is 0 Å². The molecule has 0 aromatic rings. The first kappa shape index (κ1) is 7.31. The van der Waals surface area contributed by atoms with Gasteiger partial charge in [0.15, 0.2) is 0 Å². The molecule has 0 saturated heterocycles. The monoisotopic (exact) mass is 176 g/mol. The molecule has 4 saturated carbocycles. The molecule has 4 bridgehead atoms. The van der Waals surface area contributed by atoms with E-state index in [-0.39, 0.29) is 0 Å². The average molecular weight is 176 g/mol. The van der Waals surface area contributed by atoms with Crippen molar-refractivity contribution in [2.75, 3.05) is 0 Å². The van der Waals surface area contributed by atoms with Gasteiger partial charge in [0.2, 0.25) is 0 Å². The predicted octanol–water partition coefficient (Wildman–Crippen LogP) is 3.47. The summed E-state index contributed by atoms with van der Waals surface area (Å²) < 4.78 is 0. The van der Waals surface area contributed by atoms with E-state index >= 15 is 0 Å². The number of rotatable bonds is 0. The SMILES string of the molecule is C1CC2CC3C4CCC3C(C4)C2C1. The van der Waals surface area contributed by atoms with Crippen LogP contribution in [-0.4, -0.2) is 0 Å². The van der Waals surface area contributed by atoms with Gasteiger partial charge in [-0.2, -0.15) is 0 Å². The van der Waals surface area contributed by atoms with Crippen LogP contribution < -0.4 is 0 Å². The largest absolute Gasteiger partial charge is 0.0527 e. The summed E-state index contributed by atoms with van der Waals surface area (Å²) in [5.74, 6) is 7.22. The lowest BCUT2D eigenvalue weighted by molar-refractivity contribution is 0.115. The molecule has 0 heterocycles. The van der Waals surface area contributed by atoms with Gasteiger partial charge in [-0.05, 0) is 67.6 Å². The third kappa shape index (κ3) is 0.789. The van der Waals surface area contributed by atoms with E-state index in [1.165, 1.54) is 35.5 Å². The lowest BCUT2D eigenvalue weighted by atomic mass is 9.68. The van der Waals surface area contributed by atoms with E-state index in [1.54, 1.807) is 44.9 Å². The second kappa shape index (κ2) is 2.32. The van der Waals surface area contributed by atoms with Crippen molar-refractivity contribution in [2.24, 2.45) is 35.5 Å². The third-order valence-corrected chi connectivity index (χ3v) is 5.99. The number of hydrogen-bond donors (Lipinski definition) is 0. The fourth-order valence-corrected chi connectivity index (χ4v) is 5.66. The highest BCUT2D eigenvalue weighted by molar-refractivity contribution is 5.05. The molecule has 0 aliphatic heterocycles. The summed E-state index contributed by atoms with van der Waals surface area (Å²) in [7, 11) is 0. The van der Waals surface area contributed by atoms with Crippen molar-refractivity contribution in [3.05, 3.63) is 0 Å². The van der Waals surface area contributed by atoms with Gasteiger partial charge in [-0.1, -0.05) is 12.8 Å². The van der Waals surface area contributed by atoms with Gasteiger partial charge in [0, 0.05) is 0 Å². The minimum absolute atomic E-state index is 1.19. The highest BCUT2D eigenvalue weighted by Gasteiger charge is 2.56. The van der Waals surface area contributed by atoms with E-state index in [0.717, 1.165) is 0 Å². The minimum atomic E-state index is 1.19. The molecule has 4 aliphatic rings. The highest BCUT2D eigenvalue weighted by Crippen LogP contribution is 2.64. The molecule has 0 spiro atoms. The first-order valence-corrected chi connectivity index (χ1v) is 6.43. The Morgan fingerprint density at radius 1 is 0.538 bits per heavy atom. The van der Waals surface area contributed by atoms with Crippen molar-refractivity contribution in [3.63, 3.8) is 0 Å². The maximum atomic E-state index is 1.65. The molecule has 4 fully saturated rings. The molecule has 0 radical (unpaired) electrons. The Balaban J connectivity index is 1.72. The van der Waals surface area contributed by atoms with E-state index in [4.69, 9.17) is 0 Å². The number of fused-ring (bicyclic) bond motifs is 2. The maximum absolute atomic E-state index is 1.65. The van der Waals surface area contributed by atoms with Crippen molar-refractivity contribution < 1.29 is 0 Å². The van der Waals surface area contributed by atoms with Crippen LogP contribution in [0.15, 0.2) is 0 Å². The van der Waals surface area contributed by atoms with Crippen LogP contribution in [0.5, 0.6) is 0 Å². The molecule has 6 atom stereocenters. The zero-order chi connectivity index (χ0) is 8.41. The molecule has 6 unspecified atom stereocenters. The maximum Gasteiger partial charge on any atom is -0.0349 e. The van der Waals surface area contributed by atoms with Crippen LogP contribution in [-0.2, 0) is 0 Å². The number of hydrogen-bond acceptors (Lipinski definition) is 0. The van der Waals surface area contributed by atoms with E-state index in [2.05, 4.69) is 0 Å². The molecule has 72 valence electrons. The standard InChI is InChI=1S/C13H20/c1-2-8-6-12-9-4-5-11(12)13(7-9)10(8)3-1/h8-13H,1-7H2. The summed E-state index contributed by atoms with van der Waals surface area (Å²) in [6.07, 6.45) is 11.3. The van der Waals surface area contributed by atoms with E-state index in [0.29, 0.717) is 0 Å². The summed E-state index contributed by atoms with van der Waals surface area (Å²) in [5.41, 5.74) is 0. The van der Waals surface area contributed by atoms with Crippen LogP contribution >= 0.6 is 0 Å². The summed E-state index contributed by atoms with van der Waals surface area (Å²) >= 11 is 0. The van der Waals surface area contributed by atoms with E-state index in [9.17, 15) is 0 Å². The van der Waals surface area contributed by atoms with Crippen molar-refractivity contribution >= 4 is 0 Å². The Morgan fingerprint density at radius 3 is 2.38 bits per heavy atom. The van der Waals surface area contributed by atoms with Crippen LogP contribution in [0.4, 0.5) is 0 Å². The third-order valence-electron chi connectivity index (χ3n) is 5.99. The average Bonchev–Trinajstić information content (AvgIpc) is 2.81. The summed E-state index contributed by atoms with van der Waals surface area (Å²) in [4.78, 5) is 0. The van der Waals surface area contributed by atoms with Gasteiger partial charge in [0.1, 0.15) is 0 Å². The summed E-state index contributed by atoms with van der Waals surface area (Å²) in [6, 6.07) is 0. The molecule has 0 amide bonds. The second-order valence-electron chi connectivity index (χ2n) is 6.16. The van der Waals surface area contributed by atoms with Gasteiger partial charge in [-0.15, -0.1) is 0 Å². The Bertz CT molecular complexity index is 232. The lowest BCUT2D eigenvalue weighted by Crippen LogP contribution is -2.30. The Labute approximate surface area is 81.1 Å². The quantitative estimate of drug-likeness (QED) is 0.530. The molecule has 0 heteroatoms. The lowest BCUT2D eigenvalue weighted by Gasteiger charge is -2.37. The Kier molecular flexibility index (Phi) is 1.31. The Hall–Kier alpha value is 0. The van der Waals surface area contributed by atoms with Gasteiger partial charge in [0.25, 0.3) is 0 Å². The fourth-order valence-electron chi connectivity index (χ4n) is 5.66. The molecule has 0 N–H and O–H groups in total. The van der Waals surface area contributed by atoms with Gasteiger partial charge in [-0.3, -0.25) is 0 Å². The molecular formula is C13H20. The van der Waals surface area contributed by atoms with Crippen molar-refractivity contribution in [2.45, 2.75) is 44.9 Å². The second-order valence-corrected chi connectivity index (χ2v) is 6.16. The van der Waals surface area contributed by atoms with Crippen LogP contribution in [0.3, 0.4) is 0 Å². The smallest absolute Gasteiger partial charge is 0.0349 e. The van der Waals surface area contributed by atoms with Crippen LogP contribution in [0.25, 0.3) is 0 Å². The Morgan fingerprint density at radius 2 is 1.38 bits per heavy atom. The zero-order valence-corrected chi connectivity index (χ0v) is 8.41. The van der Waals surface area contributed by atoms with Gasteiger partial charge in [0.05, 0.1) is 0 Å². The fraction of sp³-hybridized carbons (Fsp3) is 1.00. The summed E-state index contributed by atoms with van der Waals surface area (Å²) in [6.45, 7) is 0. The molecule has 13 heavy (non-hydrogen) atoms. The van der Waals surface area contributed by atoms with Crippen LogP contribution in [0.2, 0.25) is 0 Å². The molecule has 4 rings (SSSR count). The van der Waals surface area contributed by atoms with Crippen molar-refractivity contribution in [1.29, 1.82) is 0 Å². The predicted molar refractivity (Wildman–Crippen MR) is 53.3 cm³/mol. The van der Waals surface area contributed by atoms with Gasteiger partial charge < -0.3 is 0 Å². The van der Waals surface area contributed by atoms with Gasteiger partial charge >= 0.3 is 0 Å². The van der Waals surface area contributed by atoms with E-state index in [1.807, 2.05) is 0 Å². The molecule has 4 aliphatic carbocycles. The van der Waals surface area contributed by atoms with Crippen LogP contribution in [0.1, 0.15) is 44.9 Å².